The lowest BCUT2D eigenvalue weighted by Gasteiger charge is -2.31. The van der Waals surface area contributed by atoms with Gasteiger partial charge < -0.3 is 15.4 Å². The molecule has 2 N–H and O–H groups in total. The van der Waals surface area contributed by atoms with E-state index < -0.39 is 0 Å². The number of carbonyl (C=O) groups is 1. The molecule has 1 amide bonds. The van der Waals surface area contributed by atoms with Crippen molar-refractivity contribution in [3.05, 3.63) is 22.4 Å². The Balaban J connectivity index is 1.65. The summed E-state index contributed by atoms with van der Waals surface area (Å²) < 4.78 is 5.48. The molecule has 3 rings (SSSR count). The molecule has 0 aliphatic carbocycles. The van der Waals surface area contributed by atoms with E-state index in [1.165, 1.54) is 11.3 Å². The summed E-state index contributed by atoms with van der Waals surface area (Å²) in [7, 11) is 0. The maximum absolute atomic E-state index is 12.3. The van der Waals surface area contributed by atoms with Gasteiger partial charge in [-0.2, -0.15) is 0 Å². The fourth-order valence-corrected chi connectivity index (χ4v) is 4.22. The monoisotopic (exact) mass is 337 g/mol. The van der Waals surface area contributed by atoms with Crippen LogP contribution in [0.5, 0.6) is 0 Å². The zero-order chi connectivity index (χ0) is 15.5. The van der Waals surface area contributed by atoms with Crippen LogP contribution in [0, 0.1) is 0 Å². The maximum atomic E-state index is 12.3. The van der Waals surface area contributed by atoms with Crippen LogP contribution in [-0.2, 0) is 16.0 Å². The SMILES string of the molecule is CC1CN(C(=O)CCc2sc(N)nc2-c2cccs2)CCO1. The first-order chi connectivity index (χ1) is 10.6. The van der Waals surface area contributed by atoms with Crippen LogP contribution in [0.25, 0.3) is 10.6 Å². The predicted molar refractivity (Wildman–Crippen MR) is 90.2 cm³/mol. The Kier molecular flexibility index (Phi) is 4.75. The largest absolute Gasteiger partial charge is 0.375 e. The van der Waals surface area contributed by atoms with Crippen molar-refractivity contribution in [1.82, 2.24) is 9.88 Å². The van der Waals surface area contributed by atoms with Crippen molar-refractivity contribution in [2.75, 3.05) is 25.4 Å². The van der Waals surface area contributed by atoms with Gasteiger partial charge in [0.2, 0.25) is 5.91 Å². The fourth-order valence-electron chi connectivity index (χ4n) is 2.57. The van der Waals surface area contributed by atoms with E-state index >= 15 is 0 Å². The first-order valence-corrected chi connectivity index (χ1v) is 9.01. The molecule has 1 saturated heterocycles. The molecule has 2 aromatic rings. The number of aryl methyl sites for hydroxylation is 1. The molecule has 3 heterocycles. The molecule has 2 aromatic heterocycles. The highest BCUT2D eigenvalue weighted by Crippen LogP contribution is 2.33. The van der Waals surface area contributed by atoms with Crippen molar-refractivity contribution < 1.29 is 9.53 Å². The summed E-state index contributed by atoms with van der Waals surface area (Å²) in [6.45, 7) is 3.99. The lowest BCUT2D eigenvalue weighted by molar-refractivity contribution is -0.138. The van der Waals surface area contributed by atoms with Crippen molar-refractivity contribution in [3.63, 3.8) is 0 Å². The van der Waals surface area contributed by atoms with Gasteiger partial charge in [0.1, 0.15) is 0 Å². The molecule has 0 radical (unpaired) electrons. The van der Waals surface area contributed by atoms with E-state index in [9.17, 15) is 4.79 Å². The third-order valence-corrected chi connectivity index (χ3v) is 5.45. The van der Waals surface area contributed by atoms with Crippen LogP contribution in [0.1, 0.15) is 18.2 Å². The number of thiophene rings is 1. The van der Waals surface area contributed by atoms with Crippen molar-refractivity contribution in [2.45, 2.75) is 25.9 Å². The summed E-state index contributed by atoms with van der Waals surface area (Å²) in [6, 6.07) is 4.04. The predicted octanol–water partition coefficient (Wildman–Crippen LogP) is 2.63. The van der Waals surface area contributed by atoms with E-state index in [1.54, 1.807) is 11.3 Å². The number of aromatic nitrogens is 1. The van der Waals surface area contributed by atoms with Gasteiger partial charge in [0.05, 0.1) is 23.3 Å². The molecule has 1 aliphatic heterocycles. The second-order valence-corrected chi connectivity index (χ2v) is 7.39. The summed E-state index contributed by atoms with van der Waals surface area (Å²) in [5.41, 5.74) is 6.78. The minimum Gasteiger partial charge on any atom is -0.375 e. The van der Waals surface area contributed by atoms with Gasteiger partial charge in [-0.25, -0.2) is 4.98 Å². The summed E-state index contributed by atoms with van der Waals surface area (Å²) in [6.07, 6.45) is 1.30. The molecule has 118 valence electrons. The summed E-state index contributed by atoms with van der Waals surface area (Å²) in [5.74, 6) is 0.180. The Morgan fingerprint density at radius 2 is 2.45 bits per heavy atom. The van der Waals surface area contributed by atoms with Crippen LogP contribution in [0.15, 0.2) is 17.5 Å². The number of ether oxygens (including phenoxy) is 1. The number of hydrogen-bond acceptors (Lipinski definition) is 6. The number of thiazole rings is 1. The normalized spacial score (nSPS) is 18.6. The number of hydrogen-bond donors (Lipinski definition) is 1. The van der Waals surface area contributed by atoms with Gasteiger partial charge in [-0.15, -0.1) is 22.7 Å². The van der Waals surface area contributed by atoms with Gasteiger partial charge in [-0.1, -0.05) is 6.07 Å². The zero-order valence-corrected chi connectivity index (χ0v) is 14.1. The highest BCUT2D eigenvalue weighted by molar-refractivity contribution is 7.17. The molecular weight excluding hydrogens is 318 g/mol. The Morgan fingerprint density at radius 3 is 3.18 bits per heavy atom. The maximum Gasteiger partial charge on any atom is 0.223 e. The van der Waals surface area contributed by atoms with E-state index in [4.69, 9.17) is 10.5 Å². The lowest BCUT2D eigenvalue weighted by atomic mass is 10.2. The van der Waals surface area contributed by atoms with E-state index in [1.807, 2.05) is 29.3 Å². The minimum absolute atomic E-state index is 0.124. The van der Waals surface area contributed by atoms with Crippen LogP contribution < -0.4 is 5.73 Å². The topological polar surface area (TPSA) is 68.5 Å². The molecule has 1 aliphatic rings. The summed E-state index contributed by atoms with van der Waals surface area (Å²) >= 11 is 3.12. The number of nitrogen functional groups attached to an aromatic ring is 1. The second-order valence-electron chi connectivity index (χ2n) is 5.32. The molecule has 5 nitrogen and oxygen atoms in total. The van der Waals surface area contributed by atoms with Crippen LogP contribution in [-0.4, -0.2) is 41.6 Å². The lowest BCUT2D eigenvalue weighted by Crippen LogP contribution is -2.44. The zero-order valence-electron chi connectivity index (χ0n) is 12.4. The van der Waals surface area contributed by atoms with Gasteiger partial charge in [0.25, 0.3) is 0 Å². The highest BCUT2D eigenvalue weighted by Gasteiger charge is 2.22. The van der Waals surface area contributed by atoms with Crippen molar-refractivity contribution >= 4 is 33.7 Å². The number of amides is 1. The number of anilines is 1. The van der Waals surface area contributed by atoms with Gasteiger partial charge in [-0.3, -0.25) is 4.79 Å². The molecule has 0 aromatic carbocycles. The van der Waals surface area contributed by atoms with E-state index in [-0.39, 0.29) is 12.0 Å². The van der Waals surface area contributed by atoms with Crippen LogP contribution in [0.3, 0.4) is 0 Å². The highest BCUT2D eigenvalue weighted by atomic mass is 32.1. The molecule has 0 spiro atoms. The Morgan fingerprint density at radius 1 is 1.59 bits per heavy atom. The van der Waals surface area contributed by atoms with Gasteiger partial charge in [0, 0.05) is 24.4 Å². The number of carbonyl (C=O) groups excluding carboxylic acids is 1. The Bertz CT molecular complexity index is 639. The quantitative estimate of drug-likeness (QED) is 0.931. The first-order valence-electron chi connectivity index (χ1n) is 7.32. The molecule has 0 bridgehead atoms. The molecule has 7 heteroatoms. The standard InChI is InChI=1S/C15H19N3O2S2/c1-10-9-18(6-7-20-10)13(19)5-4-12-14(17-15(16)22-12)11-3-2-8-21-11/h2-3,8,10H,4-7,9H2,1H3,(H2,16,17). The number of nitrogens with two attached hydrogens (primary N) is 1. The molecular formula is C15H19N3O2S2. The first kappa shape index (κ1) is 15.5. The average Bonchev–Trinajstić information content (AvgIpc) is 3.13. The molecule has 22 heavy (non-hydrogen) atoms. The molecule has 1 unspecified atom stereocenters. The smallest absolute Gasteiger partial charge is 0.223 e. The fraction of sp³-hybridized carbons (Fsp3) is 0.467. The summed E-state index contributed by atoms with van der Waals surface area (Å²) in [4.78, 5) is 20.9. The molecule has 1 fully saturated rings. The van der Waals surface area contributed by atoms with Crippen LogP contribution in [0.2, 0.25) is 0 Å². The number of morpholine rings is 1. The van der Waals surface area contributed by atoms with E-state index in [0.717, 1.165) is 15.4 Å². The average molecular weight is 337 g/mol. The minimum atomic E-state index is 0.124. The third kappa shape index (κ3) is 3.48. The molecule has 1 atom stereocenters. The van der Waals surface area contributed by atoms with E-state index in [2.05, 4.69) is 4.98 Å². The Labute approximate surface area is 137 Å². The van der Waals surface area contributed by atoms with Crippen molar-refractivity contribution in [1.29, 1.82) is 0 Å². The van der Waals surface area contributed by atoms with Crippen LogP contribution >= 0.6 is 22.7 Å². The summed E-state index contributed by atoms with van der Waals surface area (Å²) in [5, 5.41) is 2.58. The molecule has 0 saturated carbocycles. The Hall–Kier alpha value is -1.44. The third-order valence-electron chi connectivity index (χ3n) is 3.63. The van der Waals surface area contributed by atoms with Crippen molar-refractivity contribution in [3.8, 4) is 10.6 Å². The second kappa shape index (κ2) is 6.76. The van der Waals surface area contributed by atoms with E-state index in [0.29, 0.717) is 37.7 Å². The van der Waals surface area contributed by atoms with Gasteiger partial charge in [0.15, 0.2) is 5.13 Å². The van der Waals surface area contributed by atoms with Gasteiger partial charge >= 0.3 is 0 Å². The van der Waals surface area contributed by atoms with Crippen molar-refractivity contribution in [2.24, 2.45) is 0 Å². The number of rotatable bonds is 4. The number of nitrogens with zero attached hydrogens (tertiary/aromatic N) is 2. The van der Waals surface area contributed by atoms with Crippen LogP contribution in [0.4, 0.5) is 5.13 Å². The van der Waals surface area contributed by atoms with Gasteiger partial charge in [-0.05, 0) is 24.8 Å².